The molecule has 1 amide bonds. The molecule has 0 unspecified atom stereocenters. The van der Waals surface area contributed by atoms with Gasteiger partial charge in [-0.3, -0.25) is 4.79 Å². The molecule has 5 nitrogen and oxygen atoms in total. The molecule has 0 spiro atoms. The van der Waals surface area contributed by atoms with Gasteiger partial charge in [0.15, 0.2) is 5.96 Å². The van der Waals surface area contributed by atoms with E-state index in [1.54, 1.807) is 25.3 Å². The number of ether oxygens (including phenoxy) is 1. The Labute approximate surface area is 149 Å². The first-order chi connectivity index (χ1) is 12.0. The van der Waals surface area contributed by atoms with Crippen LogP contribution in [0.15, 0.2) is 59.6 Å². The molecule has 0 heterocycles. The fraction of sp³-hybridized carbons (Fsp3) is 0.0526. The predicted molar refractivity (Wildman–Crippen MR) is 101 cm³/mol. The van der Waals surface area contributed by atoms with Crippen LogP contribution in [0.4, 0.5) is 0 Å². The number of aliphatic imine (C=N–C) groups is 1. The maximum Gasteiger partial charge on any atom is 0.280 e. The molecule has 3 rings (SSSR count). The Hall–Kier alpha value is -3.05. The summed E-state index contributed by atoms with van der Waals surface area (Å²) in [5.74, 6) is -0.116. The van der Waals surface area contributed by atoms with E-state index < -0.39 is 5.91 Å². The van der Waals surface area contributed by atoms with E-state index in [2.05, 4.69) is 4.99 Å². The molecule has 0 atom stereocenters. The second-order valence-electron chi connectivity index (χ2n) is 5.40. The first-order valence-corrected chi connectivity index (χ1v) is 7.88. The molecule has 0 aliphatic heterocycles. The summed E-state index contributed by atoms with van der Waals surface area (Å²) in [6, 6.07) is 16.6. The van der Waals surface area contributed by atoms with Gasteiger partial charge in [0.2, 0.25) is 0 Å². The minimum atomic E-state index is -0.497. The zero-order valence-electron chi connectivity index (χ0n) is 13.5. The molecule has 4 N–H and O–H groups in total. The highest BCUT2D eigenvalue weighted by Crippen LogP contribution is 2.40. The van der Waals surface area contributed by atoms with Gasteiger partial charge in [0.1, 0.15) is 5.75 Å². The smallest absolute Gasteiger partial charge is 0.280 e. The highest BCUT2D eigenvalue weighted by molar-refractivity contribution is 6.34. The second kappa shape index (κ2) is 6.83. The molecule has 0 aromatic heterocycles. The Kier molecular flexibility index (Phi) is 4.59. The third-order valence-corrected chi connectivity index (χ3v) is 4.14. The number of guanidine groups is 1. The first-order valence-electron chi connectivity index (χ1n) is 7.51. The normalized spacial score (nSPS) is 10.5. The molecular weight excluding hydrogens is 338 g/mol. The van der Waals surface area contributed by atoms with Crippen LogP contribution in [-0.2, 0) is 0 Å². The van der Waals surface area contributed by atoms with Crippen LogP contribution in [0.3, 0.4) is 0 Å². The van der Waals surface area contributed by atoms with Crippen LogP contribution in [0.25, 0.3) is 21.9 Å². The summed E-state index contributed by atoms with van der Waals surface area (Å²) >= 11 is 6.41. The summed E-state index contributed by atoms with van der Waals surface area (Å²) in [5.41, 5.74) is 12.6. The number of methoxy groups -OCH3 is 1. The molecule has 0 aliphatic rings. The molecule has 0 fully saturated rings. The van der Waals surface area contributed by atoms with Crippen molar-refractivity contribution in [2.24, 2.45) is 16.5 Å². The zero-order chi connectivity index (χ0) is 18.0. The van der Waals surface area contributed by atoms with E-state index in [0.29, 0.717) is 16.3 Å². The number of carbonyl (C=O) groups excluding carboxylic acids is 1. The molecule has 6 heteroatoms. The lowest BCUT2D eigenvalue weighted by Gasteiger charge is -2.13. The van der Waals surface area contributed by atoms with Gasteiger partial charge in [0.25, 0.3) is 5.91 Å². The quantitative estimate of drug-likeness (QED) is 0.556. The third-order valence-electron chi connectivity index (χ3n) is 3.82. The molecule has 0 saturated heterocycles. The zero-order valence-corrected chi connectivity index (χ0v) is 14.2. The molecule has 0 bridgehead atoms. The number of benzene rings is 3. The highest BCUT2D eigenvalue weighted by Gasteiger charge is 2.14. The Morgan fingerprint density at radius 1 is 1.08 bits per heavy atom. The monoisotopic (exact) mass is 353 g/mol. The second-order valence-corrected chi connectivity index (χ2v) is 5.81. The lowest BCUT2D eigenvalue weighted by Crippen LogP contribution is -2.24. The molecule has 3 aromatic carbocycles. The average molecular weight is 354 g/mol. The van der Waals surface area contributed by atoms with Crippen molar-refractivity contribution < 1.29 is 9.53 Å². The van der Waals surface area contributed by atoms with Crippen LogP contribution in [0.1, 0.15) is 10.4 Å². The van der Waals surface area contributed by atoms with Gasteiger partial charge < -0.3 is 16.2 Å². The molecule has 0 saturated carbocycles. The number of hydrogen-bond acceptors (Lipinski definition) is 2. The Morgan fingerprint density at radius 2 is 1.84 bits per heavy atom. The molecule has 3 aromatic rings. The van der Waals surface area contributed by atoms with Crippen molar-refractivity contribution in [3.8, 4) is 16.9 Å². The van der Waals surface area contributed by atoms with Crippen molar-refractivity contribution in [1.82, 2.24) is 0 Å². The Balaban J connectivity index is 2.27. The molecule has 126 valence electrons. The van der Waals surface area contributed by atoms with Gasteiger partial charge in [0, 0.05) is 11.1 Å². The fourth-order valence-electron chi connectivity index (χ4n) is 2.74. The molecular formula is C19H16ClN3O2. The number of hydrogen-bond donors (Lipinski definition) is 2. The summed E-state index contributed by atoms with van der Waals surface area (Å²) in [7, 11) is 1.59. The van der Waals surface area contributed by atoms with Gasteiger partial charge >= 0.3 is 0 Å². The SMILES string of the molecule is COc1cccc(Cl)c1-c1cccc2ccc(C(=O)N=C(N)N)cc12. The van der Waals surface area contributed by atoms with Gasteiger partial charge in [-0.2, -0.15) is 4.99 Å². The standard InChI is InChI=1S/C19H16ClN3O2/c1-25-16-7-3-6-15(20)17(16)13-5-2-4-11-8-9-12(10-14(11)13)18(24)23-19(21)22/h2-10H,1H3,(H4,21,22,23,24). The maximum absolute atomic E-state index is 12.1. The van der Waals surface area contributed by atoms with Gasteiger partial charge in [-0.1, -0.05) is 41.9 Å². The topological polar surface area (TPSA) is 90.7 Å². The van der Waals surface area contributed by atoms with E-state index >= 15 is 0 Å². The van der Waals surface area contributed by atoms with Crippen molar-refractivity contribution in [2.45, 2.75) is 0 Å². The minimum Gasteiger partial charge on any atom is -0.496 e. The van der Waals surface area contributed by atoms with Crippen LogP contribution >= 0.6 is 11.6 Å². The molecule has 0 radical (unpaired) electrons. The van der Waals surface area contributed by atoms with Crippen molar-refractivity contribution in [1.29, 1.82) is 0 Å². The average Bonchev–Trinajstić information content (AvgIpc) is 2.60. The number of carbonyl (C=O) groups is 1. The van der Waals surface area contributed by atoms with Crippen LogP contribution in [0.2, 0.25) is 5.02 Å². The van der Waals surface area contributed by atoms with Crippen molar-refractivity contribution in [2.75, 3.05) is 7.11 Å². The summed E-state index contributed by atoms with van der Waals surface area (Å²) in [6.07, 6.45) is 0. The first kappa shape index (κ1) is 16.8. The van der Waals surface area contributed by atoms with Gasteiger partial charge in [-0.25, -0.2) is 0 Å². The Morgan fingerprint density at radius 3 is 2.56 bits per heavy atom. The van der Waals surface area contributed by atoms with Crippen molar-refractivity contribution in [3.63, 3.8) is 0 Å². The molecule has 25 heavy (non-hydrogen) atoms. The number of fused-ring (bicyclic) bond motifs is 1. The summed E-state index contributed by atoms with van der Waals surface area (Å²) in [4.78, 5) is 15.7. The lowest BCUT2D eigenvalue weighted by atomic mass is 9.96. The van der Waals surface area contributed by atoms with Gasteiger partial charge in [-0.05, 0) is 40.6 Å². The van der Waals surface area contributed by atoms with Crippen LogP contribution < -0.4 is 16.2 Å². The maximum atomic E-state index is 12.1. The number of nitrogens with two attached hydrogens (primary N) is 2. The summed E-state index contributed by atoms with van der Waals surface area (Å²) in [5, 5.41) is 2.37. The summed E-state index contributed by atoms with van der Waals surface area (Å²) in [6.45, 7) is 0. The van der Waals surface area contributed by atoms with Crippen LogP contribution in [-0.4, -0.2) is 19.0 Å². The third kappa shape index (κ3) is 3.27. The van der Waals surface area contributed by atoms with Crippen molar-refractivity contribution >= 4 is 34.2 Å². The Bertz CT molecular complexity index is 995. The van der Waals surface area contributed by atoms with Gasteiger partial charge in [0.05, 0.1) is 12.1 Å². The van der Waals surface area contributed by atoms with E-state index in [9.17, 15) is 4.79 Å². The highest BCUT2D eigenvalue weighted by atomic mass is 35.5. The largest absolute Gasteiger partial charge is 0.496 e. The molecule has 0 aliphatic carbocycles. The number of amides is 1. The predicted octanol–water partition coefficient (Wildman–Crippen LogP) is 3.58. The van der Waals surface area contributed by atoms with Gasteiger partial charge in [-0.15, -0.1) is 0 Å². The van der Waals surface area contributed by atoms with E-state index in [0.717, 1.165) is 21.9 Å². The van der Waals surface area contributed by atoms with E-state index in [-0.39, 0.29) is 5.96 Å². The minimum absolute atomic E-state index is 0.272. The van der Waals surface area contributed by atoms with Crippen LogP contribution in [0, 0.1) is 0 Å². The number of nitrogens with zero attached hydrogens (tertiary/aromatic N) is 1. The van der Waals surface area contributed by atoms with E-state index in [1.165, 1.54) is 0 Å². The van der Waals surface area contributed by atoms with E-state index in [1.807, 2.05) is 36.4 Å². The van der Waals surface area contributed by atoms with Crippen molar-refractivity contribution in [3.05, 3.63) is 65.2 Å². The lowest BCUT2D eigenvalue weighted by molar-refractivity contribution is 0.100. The van der Waals surface area contributed by atoms with Crippen LogP contribution in [0.5, 0.6) is 5.75 Å². The number of halogens is 1. The number of rotatable bonds is 3. The summed E-state index contributed by atoms with van der Waals surface area (Å²) < 4.78 is 5.45. The fourth-order valence-corrected chi connectivity index (χ4v) is 3.01. The van der Waals surface area contributed by atoms with E-state index in [4.69, 9.17) is 27.8 Å².